The largest absolute Gasteiger partial charge is 0.465 e. The van der Waals surface area contributed by atoms with Gasteiger partial charge >= 0.3 is 6.09 Å². The molecule has 1 saturated carbocycles. The van der Waals surface area contributed by atoms with Gasteiger partial charge < -0.3 is 10.0 Å². The predicted molar refractivity (Wildman–Crippen MR) is 105 cm³/mol. The monoisotopic (exact) mass is 429 g/mol. The molecule has 2 fully saturated rings. The van der Waals surface area contributed by atoms with Crippen molar-refractivity contribution in [3.05, 3.63) is 34.6 Å². The molecule has 1 spiro atoms. The Morgan fingerprint density at radius 1 is 1.33 bits per heavy atom. The first-order valence-corrected chi connectivity index (χ1v) is 9.81. The third kappa shape index (κ3) is 2.42. The molecule has 140 valence electrons. The van der Waals surface area contributed by atoms with Gasteiger partial charge in [0.1, 0.15) is 5.69 Å². The van der Waals surface area contributed by atoms with E-state index in [2.05, 4.69) is 50.8 Å². The summed E-state index contributed by atoms with van der Waals surface area (Å²) in [5.74, 6) is 0. The zero-order valence-electron chi connectivity index (χ0n) is 15.2. The lowest BCUT2D eigenvalue weighted by Gasteiger charge is -2.58. The Balaban J connectivity index is 1.41. The summed E-state index contributed by atoms with van der Waals surface area (Å²) in [5.41, 5.74) is 4.40. The molecule has 27 heavy (non-hydrogen) atoms. The Kier molecular flexibility index (Phi) is 3.47. The first-order chi connectivity index (χ1) is 12.9. The van der Waals surface area contributed by atoms with Crippen LogP contribution in [-0.4, -0.2) is 48.8 Å². The highest BCUT2D eigenvalue weighted by Gasteiger charge is 2.55. The summed E-state index contributed by atoms with van der Waals surface area (Å²) < 4.78 is 5.00. The van der Waals surface area contributed by atoms with Crippen molar-refractivity contribution in [2.24, 2.45) is 12.5 Å². The lowest BCUT2D eigenvalue weighted by atomic mass is 9.61. The molecule has 2 aliphatic rings. The van der Waals surface area contributed by atoms with Crippen LogP contribution in [0.2, 0.25) is 0 Å². The van der Waals surface area contributed by atoms with Crippen molar-refractivity contribution in [3.63, 3.8) is 0 Å². The van der Waals surface area contributed by atoms with Crippen molar-refractivity contribution in [1.29, 1.82) is 0 Å². The summed E-state index contributed by atoms with van der Waals surface area (Å²) in [7, 11) is 1.94. The van der Waals surface area contributed by atoms with Gasteiger partial charge in [0.25, 0.3) is 0 Å². The Hall–Kier alpha value is -2.35. The van der Waals surface area contributed by atoms with E-state index < -0.39 is 6.09 Å². The molecule has 0 radical (unpaired) electrons. The molecule has 7 nitrogen and oxygen atoms in total. The van der Waals surface area contributed by atoms with Gasteiger partial charge in [0.05, 0.1) is 27.9 Å². The van der Waals surface area contributed by atoms with Crippen LogP contribution in [-0.2, 0) is 7.05 Å². The number of benzene rings is 1. The van der Waals surface area contributed by atoms with E-state index >= 15 is 0 Å². The van der Waals surface area contributed by atoms with Crippen molar-refractivity contribution in [2.45, 2.75) is 25.8 Å². The fraction of sp³-hybridized carbons (Fsp3) is 0.421. The summed E-state index contributed by atoms with van der Waals surface area (Å²) in [6, 6.07) is 6.62. The number of fused-ring (bicyclic) bond motifs is 1. The second-order valence-electron chi connectivity index (χ2n) is 7.94. The lowest BCUT2D eigenvalue weighted by Crippen LogP contribution is -2.63. The fourth-order valence-corrected chi connectivity index (χ4v) is 5.11. The SMILES string of the molecule is Cc1c(Br)c(-c2ccc3c(cnn3C)c2)nn1C1CC2(C1)CN(C(=O)O)C2. The molecule has 3 aromatic rings. The molecule has 1 N–H and O–H groups in total. The zero-order valence-corrected chi connectivity index (χ0v) is 16.8. The van der Waals surface area contributed by atoms with E-state index in [0.29, 0.717) is 19.1 Å². The summed E-state index contributed by atoms with van der Waals surface area (Å²) in [6.45, 7) is 3.40. The van der Waals surface area contributed by atoms with Crippen LogP contribution in [0.5, 0.6) is 0 Å². The Morgan fingerprint density at radius 3 is 2.78 bits per heavy atom. The van der Waals surface area contributed by atoms with Crippen LogP contribution in [0.25, 0.3) is 22.2 Å². The number of carbonyl (C=O) groups is 1. The van der Waals surface area contributed by atoms with Crippen molar-refractivity contribution in [3.8, 4) is 11.3 Å². The van der Waals surface area contributed by atoms with E-state index in [-0.39, 0.29) is 5.41 Å². The van der Waals surface area contributed by atoms with Crippen molar-refractivity contribution in [2.75, 3.05) is 13.1 Å². The number of rotatable bonds is 2. The molecule has 1 aliphatic carbocycles. The molecule has 1 aromatic carbocycles. The number of nitrogens with zero attached hydrogens (tertiary/aromatic N) is 5. The Morgan fingerprint density at radius 2 is 2.07 bits per heavy atom. The van der Waals surface area contributed by atoms with Gasteiger partial charge in [-0.1, -0.05) is 6.07 Å². The summed E-state index contributed by atoms with van der Waals surface area (Å²) in [4.78, 5) is 12.5. The lowest BCUT2D eigenvalue weighted by molar-refractivity contribution is -0.0775. The first kappa shape index (κ1) is 16.8. The maximum Gasteiger partial charge on any atom is 0.407 e. The maximum atomic E-state index is 11.0. The molecule has 3 heterocycles. The second kappa shape index (κ2) is 5.58. The average Bonchev–Trinajstić information content (AvgIpc) is 3.07. The molecule has 1 amide bonds. The van der Waals surface area contributed by atoms with Gasteiger partial charge in [-0.2, -0.15) is 10.2 Å². The highest BCUT2D eigenvalue weighted by Crippen LogP contribution is 2.54. The van der Waals surface area contributed by atoms with Crippen molar-refractivity contribution < 1.29 is 9.90 Å². The van der Waals surface area contributed by atoms with Gasteiger partial charge in [-0.05, 0) is 47.8 Å². The molecule has 1 saturated heterocycles. The van der Waals surface area contributed by atoms with Gasteiger partial charge in [-0.25, -0.2) is 4.79 Å². The van der Waals surface area contributed by atoms with E-state index in [0.717, 1.165) is 45.2 Å². The number of hydrogen-bond donors (Lipinski definition) is 1. The number of hydrogen-bond acceptors (Lipinski definition) is 3. The van der Waals surface area contributed by atoms with E-state index in [9.17, 15) is 4.79 Å². The van der Waals surface area contributed by atoms with Crippen LogP contribution < -0.4 is 0 Å². The minimum atomic E-state index is -0.810. The number of likely N-dealkylation sites (tertiary alicyclic amines) is 1. The molecular weight excluding hydrogens is 410 g/mol. The quantitative estimate of drug-likeness (QED) is 0.671. The smallest absolute Gasteiger partial charge is 0.407 e. The summed E-state index contributed by atoms with van der Waals surface area (Å²) in [6.07, 6.45) is 3.05. The molecule has 0 bridgehead atoms. The van der Waals surface area contributed by atoms with Gasteiger partial charge in [0.2, 0.25) is 0 Å². The van der Waals surface area contributed by atoms with Gasteiger partial charge in [-0.3, -0.25) is 9.36 Å². The zero-order chi connectivity index (χ0) is 18.9. The van der Waals surface area contributed by atoms with Gasteiger partial charge in [0, 0.05) is 36.5 Å². The van der Waals surface area contributed by atoms with Crippen molar-refractivity contribution in [1.82, 2.24) is 24.5 Å². The normalized spacial score (nSPS) is 18.7. The minimum absolute atomic E-state index is 0.169. The van der Waals surface area contributed by atoms with Crippen LogP contribution >= 0.6 is 15.9 Å². The third-order valence-corrected chi connectivity index (χ3v) is 7.05. The molecule has 2 aromatic heterocycles. The number of carboxylic acid groups (broad SMARTS) is 1. The van der Waals surface area contributed by atoms with Crippen LogP contribution in [0.15, 0.2) is 28.9 Å². The number of aromatic nitrogens is 4. The van der Waals surface area contributed by atoms with E-state index in [1.165, 1.54) is 4.90 Å². The van der Waals surface area contributed by atoms with E-state index in [1.807, 2.05) is 17.9 Å². The molecule has 8 heteroatoms. The number of aryl methyl sites for hydroxylation is 1. The summed E-state index contributed by atoms with van der Waals surface area (Å²) >= 11 is 3.73. The topological polar surface area (TPSA) is 76.2 Å². The fourth-order valence-electron chi connectivity index (χ4n) is 4.62. The van der Waals surface area contributed by atoms with Crippen LogP contribution in [0, 0.1) is 12.3 Å². The highest BCUT2D eigenvalue weighted by atomic mass is 79.9. The van der Waals surface area contributed by atoms with Crippen molar-refractivity contribution >= 4 is 32.9 Å². The van der Waals surface area contributed by atoms with Gasteiger partial charge in [0.15, 0.2) is 0 Å². The third-order valence-electron chi connectivity index (χ3n) is 6.10. The molecule has 0 atom stereocenters. The minimum Gasteiger partial charge on any atom is -0.465 e. The number of halogens is 1. The van der Waals surface area contributed by atoms with Crippen LogP contribution in [0.3, 0.4) is 0 Å². The van der Waals surface area contributed by atoms with Gasteiger partial charge in [-0.15, -0.1) is 0 Å². The maximum absolute atomic E-state index is 11.0. The second-order valence-corrected chi connectivity index (χ2v) is 8.73. The van der Waals surface area contributed by atoms with E-state index in [1.54, 1.807) is 0 Å². The van der Waals surface area contributed by atoms with E-state index in [4.69, 9.17) is 10.2 Å². The standard InChI is InChI=1S/C19H20BrN5O2/c1-11-16(20)17(12-3-4-15-13(5-12)8-21-23(15)2)22-25(11)14-6-19(7-14)9-24(10-19)18(26)27/h3-5,8,14H,6-7,9-10H2,1-2H3,(H,26,27). The average molecular weight is 430 g/mol. The first-order valence-electron chi connectivity index (χ1n) is 9.01. The highest BCUT2D eigenvalue weighted by molar-refractivity contribution is 9.10. The predicted octanol–water partition coefficient (Wildman–Crippen LogP) is 3.82. The van der Waals surface area contributed by atoms with Crippen LogP contribution in [0.1, 0.15) is 24.6 Å². The molecule has 1 aliphatic heterocycles. The molecule has 5 rings (SSSR count). The van der Waals surface area contributed by atoms with Crippen LogP contribution in [0.4, 0.5) is 4.79 Å². The Bertz CT molecular complexity index is 1070. The Labute approximate surface area is 164 Å². The molecular formula is C19H20BrN5O2. The molecule has 0 unspecified atom stereocenters. The number of amides is 1. The summed E-state index contributed by atoms with van der Waals surface area (Å²) in [5, 5.41) is 19.4.